The Morgan fingerprint density at radius 3 is 2.33 bits per heavy atom. The van der Waals surface area contributed by atoms with Crippen molar-refractivity contribution in [3.05, 3.63) is 0 Å². The monoisotopic (exact) mass is 255 g/mol. The summed E-state index contributed by atoms with van der Waals surface area (Å²) in [4.78, 5) is 13.8. The number of aliphatic hydroxyl groups excluding tert-OH is 2. The molecule has 2 fully saturated rings. The van der Waals surface area contributed by atoms with Gasteiger partial charge < -0.3 is 15.1 Å². The Balaban J connectivity index is 1.77. The second kappa shape index (κ2) is 6.53. The van der Waals surface area contributed by atoms with Crippen molar-refractivity contribution >= 4 is 5.91 Å². The molecule has 0 aromatic heterocycles. The molecule has 1 amide bonds. The van der Waals surface area contributed by atoms with E-state index < -0.39 is 6.10 Å². The SMILES string of the molecule is O=C(C(O)CC1CCCCC1)N1CCC(O)CC1. The first-order valence-electron chi connectivity index (χ1n) is 7.31. The van der Waals surface area contributed by atoms with E-state index >= 15 is 0 Å². The van der Waals surface area contributed by atoms with E-state index in [1.165, 1.54) is 19.3 Å². The Morgan fingerprint density at radius 1 is 1.11 bits per heavy atom. The van der Waals surface area contributed by atoms with Crippen LogP contribution in [0.25, 0.3) is 0 Å². The lowest BCUT2D eigenvalue weighted by atomic mass is 9.85. The lowest BCUT2D eigenvalue weighted by molar-refractivity contribution is -0.143. The van der Waals surface area contributed by atoms with E-state index in [1.54, 1.807) is 4.90 Å². The van der Waals surface area contributed by atoms with E-state index in [2.05, 4.69) is 0 Å². The molecule has 1 unspecified atom stereocenters. The zero-order valence-electron chi connectivity index (χ0n) is 11.1. The predicted molar refractivity (Wildman–Crippen MR) is 69.0 cm³/mol. The van der Waals surface area contributed by atoms with Crippen LogP contribution in [0.5, 0.6) is 0 Å². The number of hydrogen-bond donors (Lipinski definition) is 2. The minimum Gasteiger partial charge on any atom is -0.393 e. The van der Waals surface area contributed by atoms with Gasteiger partial charge in [0.05, 0.1) is 6.10 Å². The zero-order valence-corrected chi connectivity index (χ0v) is 11.1. The van der Waals surface area contributed by atoms with E-state index in [0.29, 0.717) is 38.3 Å². The van der Waals surface area contributed by atoms with Crippen molar-refractivity contribution in [2.24, 2.45) is 5.92 Å². The van der Waals surface area contributed by atoms with Gasteiger partial charge >= 0.3 is 0 Å². The highest BCUT2D eigenvalue weighted by molar-refractivity contribution is 5.80. The van der Waals surface area contributed by atoms with Gasteiger partial charge in [-0.3, -0.25) is 4.79 Å². The maximum absolute atomic E-state index is 12.1. The first kappa shape index (κ1) is 13.8. The smallest absolute Gasteiger partial charge is 0.251 e. The van der Waals surface area contributed by atoms with Gasteiger partial charge in [-0.15, -0.1) is 0 Å². The number of carbonyl (C=O) groups is 1. The molecular formula is C14H25NO3. The molecule has 0 aromatic rings. The Labute approximate surface area is 109 Å². The first-order valence-corrected chi connectivity index (χ1v) is 7.31. The summed E-state index contributed by atoms with van der Waals surface area (Å²) in [6, 6.07) is 0. The van der Waals surface area contributed by atoms with E-state index in [1.807, 2.05) is 0 Å². The molecule has 18 heavy (non-hydrogen) atoms. The van der Waals surface area contributed by atoms with Crippen LogP contribution in [0.4, 0.5) is 0 Å². The third-order valence-electron chi connectivity index (χ3n) is 4.34. The van der Waals surface area contributed by atoms with Gasteiger partial charge in [-0.25, -0.2) is 0 Å². The van der Waals surface area contributed by atoms with Crippen LogP contribution in [-0.2, 0) is 4.79 Å². The average Bonchev–Trinajstić information content (AvgIpc) is 2.40. The molecule has 2 aliphatic rings. The molecule has 1 aliphatic heterocycles. The maximum Gasteiger partial charge on any atom is 0.251 e. The fourth-order valence-corrected chi connectivity index (χ4v) is 3.14. The van der Waals surface area contributed by atoms with Crippen LogP contribution >= 0.6 is 0 Å². The zero-order chi connectivity index (χ0) is 13.0. The van der Waals surface area contributed by atoms with Gasteiger partial charge in [-0.1, -0.05) is 32.1 Å². The fraction of sp³-hybridized carbons (Fsp3) is 0.929. The second-order valence-corrected chi connectivity index (χ2v) is 5.81. The molecule has 1 aliphatic carbocycles. The second-order valence-electron chi connectivity index (χ2n) is 5.81. The Kier molecular flexibility index (Phi) is 5.01. The minimum atomic E-state index is -0.830. The van der Waals surface area contributed by atoms with Crippen LogP contribution in [0.1, 0.15) is 51.4 Å². The van der Waals surface area contributed by atoms with Gasteiger partial charge in [0.1, 0.15) is 6.10 Å². The quantitative estimate of drug-likeness (QED) is 0.799. The van der Waals surface area contributed by atoms with Crippen molar-refractivity contribution in [3.8, 4) is 0 Å². The summed E-state index contributed by atoms with van der Waals surface area (Å²) in [5.41, 5.74) is 0. The summed E-state index contributed by atoms with van der Waals surface area (Å²) >= 11 is 0. The predicted octanol–water partition coefficient (Wildman–Crippen LogP) is 1.30. The fourth-order valence-electron chi connectivity index (χ4n) is 3.14. The molecular weight excluding hydrogens is 230 g/mol. The van der Waals surface area contributed by atoms with Gasteiger partial charge in [-0.05, 0) is 25.2 Å². The van der Waals surface area contributed by atoms with Crippen molar-refractivity contribution < 1.29 is 15.0 Å². The molecule has 1 saturated carbocycles. The number of piperidine rings is 1. The van der Waals surface area contributed by atoms with Crippen LogP contribution < -0.4 is 0 Å². The van der Waals surface area contributed by atoms with Crippen molar-refractivity contribution in [3.63, 3.8) is 0 Å². The third-order valence-corrected chi connectivity index (χ3v) is 4.34. The summed E-state index contributed by atoms with van der Waals surface area (Å²) in [7, 11) is 0. The minimum absolute atomic E-state index is 0.132. The lowest BCUT2D eigenvalue weighted by Gasteiger charge is -2.32. The number of carbonyl (C=O) groups excluding carboxylic acids is 1. The normalized spacial score (nSPS) is 25.1. The van der Waals surface area contributed by atoms with Crippen molar-refractivity contribution in [1.82, 2.24) is 4.90 Å². The Hall–Kier alpha value is -0.610. The van der Waals surface area contributed by atoms with Crippen LogP contribution in [0.15, 0.2) is 0 Å². The summed E-state index contributed by atoms with van der Waals surface area (Å²) in [5.74, 6) is 0.389. The highest BCUT2D eigenvalue weighted by Gasteiger charge is 2.28. The number of hydrogen-bond acceptors (Lipinski definition) is 3. The van der Waals surface area contributed by atoms with Crippen molar-refractivity contribution in [2.75, 3.05) is 13.1 Å². The van der Waals surface area contributed by atoms with Crippen molar-refractivity contribution in [2.45, 2.75) is 63.6 Å². The summed E-state index contributed by atoms with van der Waals surface area (Å²) < 4.78 is 0. The van der Waals surface area contributed by atoms with E-state index in [-0.39, 0.29) is 12.0 Å². The van der Waals surface area contributed by atoms with Crippen LogP contribution in [-0.4, -0.2) is 46.3 Å². The standard InChI is InChI=1S/C14H25NO3/c16-12-6-8-15(9-7-12)14(18)13(17)10-11-4-2-1-3-5-11/h11-13,16-17H,1-10H2. The Morgan fingerprint density at radius 2 is 1.72 bits per heavy atom. The van der Waals surface area contributed by atoms with Crippen molar-refractivity contribution in [1.29, 1.82) is 0 Å². The molecule has 104 valence electrons. The highest BCUT2D eigenvalue weighted by atomic mass is 16.3. The van der Waals surface area contributed by atoms with E-state index in [4.69, 9.17) is 0 Å². The van der Waals surface area contributed by atoms with Crippen LogP contribution in [0, 0.1) is 5.92 Å². The van der Waals surface area contributed by atoms with E-state index in [9.17, 15) is 15.0 Å². The summed E-state index contributed by atoms with van der Waals surface area (Å²) in [6.45, 7) is 1.17. The maximum atomic E-state index is 12.1. The molecule has 1 atom stereocenters. The molecule has 4 heteroatoms. The molecule has 0 radical (unpaired) electrons. The number of rotatable bonds is 3. The molecule has 0 aromatic carbocycles. The summed E-state index contributed by atoms with van der Waals surface area (Å²) in [5, 5.41) is 19.4. The number of amides is 1. The van der Waals surface area contributed by atoms with Gasteiger partial charge in [0.25, 0.3) is 5.91 Å². The number of likely N-dealkylation sites (tertiary alicyclic amines) is 1. The highest BCUT2D eigenvalue weighted by Crippen LogP contribution is 2.27. The molecule has 1 heterocycles. The largest absolute Gasteiger partial charge is 0.393 e. The average molecular weight is 255 g/mol. The molecule has 2 rings (SSSR count). The van der Waals surface area contributed by atoms with Gasteiger partial charge in [-0.2, -0.15) is 0 Å². The van der Waals surface area contributed by atoms with Gasteiger partial charge in [0.2, 0.25) is 0 Å². The summed E-state index contributed by atoms with van der Waals surface area (Å²) in [6.07, 6.45) is 6.88. The van der Waals surface area contributed by atoms with Crippen LogP contribution in [0.3, 0.4) is 0 Å². The third kappa shape index (κ3) is 3.69. The lowest BCUT2D eigenvalue weighted by Crippen LogP contribution is -2.45. The van der Waals surface area contributed by atoms with Gasteiger partial charge in [0, 0.05) is 13.1 Å². The molecule has 1 saturated heterocycles. The molecule has 0 spiro atoms. The molecule has 2 N–H and O–H groups in total. The first-order chi connectivity index (χ1) is 8.66. The van der Waals surface area contributed by atoms with Gasteiger partial charge in [0.15, 0.2) is 0 Å². The Bertz CT molecular complexity index is 268. The number of aliphatic hydroxyl groups is 2. The van der Waals surface area contributed by atoms with E-state index in [0.717, 1.165) is 12.8 Å². The topological polar surface area (TPSA) is 60.8 Å². The molecule has 4 nitrogen and oxygen atoms in total. The van der Waals surface area contributed by atoms with Crippen LogP contribution in [0.2, 0.25) is 0 Å². The molecule has 0 bridgehead atoms. The number of nitrogens with zero attached hydrogens (tertiary/aromatic N) is 1.